The fourth-order valence-corrected chi connectivity index (χ4v) is 2.65. The normalized spacial score (nSPS) is 25.8. The summed E-state index contributed by atoms with van der Waals surface area (Å²) in [6, 6.07) is 2.05. The van der Waals surface area contributed by atoms with Crippen LogP contribution in [-0.4, -0.2) is 18.8 Å². The summed E-state index contributed by atoms with van der Waals surface area (Å²) in [5, 5.41) is 9.55. The molecule has 1 N–H and O–H groups in total. The smallest absolute Gasteiger partial charge is 0.168 e. The number of hydrogen-bond donors (Lipinski definition) is 1. The number of methoxy groups -OCH3 is 1. The van der Waals surface area contributed by atoms with Gasteiger partial charge >= 0.3 is 0 Å². The highest BCUT2D eigenvalue weighted by Crippen LogP contribution is 2.65. The zero-order valence-corrected chi connectivity index (χ0v) is 10.2. The van der Waals surface area contributed by atoms with E-state index in [1.54, 1.807) is 0 Å². The van der Waals surface area contributed by atoms with E-state index in [1.807, 2.05) is 13.8 Å². The first kappa shape index (κ1) is 12.3. The molecule has 0 radical (unpaired) electrons. The molecule has 2 nitrogen and oxygen atoms in total. The van der Waals surface area contributed by atoms with Gasteiger partial charge < -0.3 is 9.84 Å². The highest BCUT2D eigenvalue weighted by Gasteiger charge is 2.63. The minimum absolute atomic E-state index is 0.0334. The molecule has 1 unspecified atom stereocenters. The third-order valence-corrected chi connectivity index (χ3v) is 3.91. The van der Waals surface area contributed by atoms with Gasteiger partial charge in [-0.05, 0) is 17.9 Å². The largest absolute Gasteiger partial charge is 0.493 e. The van der Waals surface area contributed by atoms with Crippen LogP contribution in [0.5, 0.6) is 5.75 Å². The zero-order chi connectivity index (χ0) is 12.8. The molecule has 1 saturated carbocycles. The molecule has 1 aromatic carbocycles. The minimum Gasteiger partial charge on any atom is -0.493 e. The molecule has 1 aliphatic carbocycles. The Morgan fingerprint density at radius 2 is 1.94 bits per heavy atom. The van der Waals surface area contributed by atoms with Crippen LogP contribution in [0.3, 0.4) is 0 Å². The third kappa shape index (κ3) is 1.62. The maximum Gasteiger partial charge on any atom is 0.168 e. The molecular weight excluding hydrogens is 226 g/mol. The van der Waals surface area contributed by atoms with Gasteiger partial charge in [0.1, 0.15) is 5.82 Å². The Bertz CT molecular complexity index is 457. The van der Waals surface area contributed by atoms with Crippen LogP contribution in [0.2, 0.25) is 0 Å². The molecule has 94 valence electrons. The number of ether oxygens (including phenoxy) is 1. The van der Waals surface area contributed by atoms with Gasteiger partial charge in [-0.1, -0.05) is 13.8 Å². The van der Waals surface area contributed by atoms with Crippen molar-refractivity contribution in [3.05, 3.63) is 29.3 Å². The van der Waals surface area contributed by atoms with E-state index in [1.165, 1.54) is 13.2 Å². The molecule has 1 aromatic rings. The van der Waals surface area contributed by atoms with E-state index >= 15 is 0 Å². The fourth-order valence-electron chi connectivity index (χ4n) is 2.65. The summed E-state index contributed by atoms with van der Waals surface area (Å²) < 4.78 is 31.9. The van der Waals surface area contributed by atoms with Crippen molar-refractivity contribution >= 4 is 0 Å². The first-order chi connectivity index (χ1) is 7.88. The Labute approximate surface area is 99.2 Å². The van der Waals surface area contributed by atoms with Crippen molar-refractivity contribution in [2.24, 2.45) is 5.41 Å². The van der Waals surface area contributed by atoms with Crippen molar-refractivity contribution in [1.82, 2.24) is 0 Å². The molecule has 0 bridgehead atoms. The highest BCUT2D eigenvalue weighted by atomic mass is 19.1. The van der Waals surface area contributed by atoms with E-state index in [9.17, 15) is 13.9 Å². The van der Waals surface area contributed by atoms with Gasteiger partial charge in [0.05, 0.1) is 13.7 Å². The summed E-state index contributed by atoms with van der Waals surface area (Å²) in [6.45, 7) is 3.79. The van der Waals surface area contributed by atoms with Crippen LogP contribution in [-0.2, 0) is 5.41 Å². The molecule has 2 rings (SSSR count). The van der Waals surface area contributed by atoms with Gasteiger partial charge in [-0.25, -0.2) is 8.78 Å². The Kier molecular flexibility index (Phi) is 2.65. The molecule has 1 atom stereocenters. The standard InChI is InChI=1S/C13H16F2O2/c1-12(2)6-13(12,7-16)9-4-8(14)5-10(15)11(9)17-3/h4-5,16H,6-7H2,1-3H3. The van der Waals surface area contributed by atoms with Crippen molar-refractivity contribution in [2.75, 3.05) is 13.7 Å². The van der Waals surface area contributed by atoms with Crippen molar-refractivity contribution in [2.45, 2.75) is 25.7 Å². The molecule has 0 aromatic heterocycles. The van der Waals surface area contributed by atoms with Crippen LogP contribution in [0, 0.1) is 17.0 Å². The summed E-state index contributed by atoms with van der Waals surface area (Å²) >= 11 is 0. The van der Waals surface area contributed by atoms with E-state index in [-0.39, 0.29) is 17.8 Å². The SMILES string of the molecule is COc1c(F)cc(F)cc1C1(CO)CC1(C)C. The van der Waals surface area contributed by atoms with E-state index < -0.39 is 17.0 Å². The van der Waals surface area contributed by atoms with E-state index in [0.29, 0.717) is 12.0 Å². The van der Waals surface area contributed by atoms with Gasteiger partial charge in [-0.15, -0.1) is 0 Å². The molecule has 1 aliphatic rings. The van der Waals surface area contributed by atoms with Gasteiger partial charge in [0.25, 0.3) is 0 Å². The number of hydrogen-bond acceptors (Lipinski definition) is 2. The molecule has 0 aliphatic heterocycles. The first-order valence-electron chi connectivity index (χ1n) is 5.52. The Balaban J connectivity index is 2.59. The third-order valence-electron chi connectivity index (χ3n) is 3.91. The average Bonchev–Trinajstić information content (AvgIpc) is 2.81. The zero-order valence-electron chi connectivity index (χ0n) is 10.2. The summed E-state index contributed by atoms with van der Waals surface area (Å²) in [4.78, 5) is 0. The van der Waals surface area contributed by atoms with Gasteiger partial charge in [-0.2, -0.15) is 0 Å². The first-order valence-corrected chi connectivity index (χ1v) is 5.52. The second-order valence-electron chi connectivity index (χ2n) is 5.27. The van der Waals surface area contributed by atoms with Crippen LogP contribution < -0.4 is 4.74 Å². The second kappa shape index (κ2) is 3.67. The second-order valence-corrected chi connectivity index (χ2v) is 5.27. The Morgan fingerprint density at radius 1 is 1.35 bits per heavy atom. The molecule has 0 amide bonds. The van der Waals surface area contributed by atoms with Crippen LogP contribution in [0.4, 0.5) is 8.78 Å². The van der Waals surface area contributed by atoms with Gasteiger partial charge in [0.2, 0.25) is 0 Å². The number of aliphatic hydroxyl groups excluding tert-OH is 1. The fraction of sp³-hybridized carbons (Fsp3) is 0.538. The van der Waals surface area contributed by atoms with Crippen LogP contribution in [0.25, 0.3) is 0 Å². The lowest BCUT2D eigenvalue weighted by molar-refractivity contribution is 0.226. The molecule has 1 fully saturated rings. The lowest BCUT2D eigenvalue weighted by atomic mass is 9.88. The number of rotatable bonds is 3. The molecule has 4 heteroatoms. The van der Waals surface area contributed by atoms with Crippen LogP contribution >= 0.6 is 0 Å². The number of aliphatic hydroxyl groups is 1. The van der Waals surface area contributed by atoms with E-state index in [4.69, 9.17) is 4.74 Å². The van der Waals surface area contributed by atoms with Crippen molar-refractivity contribution in [1.29, 1.82) is 0 Å². The quantitative estimate of drug-likeness (QED) is 0.883. The topological polar surface area (TPSA) is 29.5 Å². The number of halogens is 2. The highest BCUT2D eigenvalue weighted by molar-refractivity contribution is 5.47. The van der Waals surface area contributed by atoms with Crippen molar-refractivity contribution in [3.8, 4) is 5.75 Å². The summed E-state index contributed by atoms with van der Waals surface area (Å²) in [5.74, 6) is -1.34. The molecule has 17 heavy (non-hydrogen) atoms. The molecule has 0 heterocycles. The summed E-state index contributed by atoms with van der Waals surface area (Å²) in [7, 11) is 1.35. The van der Waals surface area contributed by atoms with Gasteiger partial charge in [-0.3, -0.25) is 0 Å². The maximum absolute atomic E-state index is 13.6. The van der Waals surface area contributed by atoms with Gasteiger partial charge in [0, 0.05) is 17.0 Å². The van der Waals surface area contributed by atoms with Crippen LogP contribution in [0.15, 0.2) is 12.1 Å². The van der Waals surface area contributed by atoms with E-state index in [0.717, 1.165) is 6.07 Å². The maximum atomic E-state index is 13.6. The van der Waals surface area contributed by atoms with Gasteiger partial charge in [0.15, 0.2) is 11.6 Å². The summed E-state index contributed by atoms with van der Waals surface area (Å²) in [6.07, 6.45) is 0.690. The predicted molar refractivity (Wildman–Crippen MR) is 60.1 cm³/mol. The monoisotopic (exact) mass is 242 g/mol. The summed E-state index contributed by atoms with van der Waals surface area (Å²) in [5.41, 5.74) is -0.346. The Hall–Kier alpha value is -1.16. The molecule has 0 saturated heterocycles. The lowest BCUT2D eigenvalue weighted by Crippen LogP contribution is -2.21. The van der Waals surface area contributed by atoms with Crippen LogP contribution in [0.1, 0.15) is 25.8 Å². The van der Waals surface area contributed by atoms with Crippen molar-refractivity contribution < 1.29 is 18.6 Å². The molecular formula is C13H16F2O2. The van der Waals surface area contributed by atoms with E-state index in [2.05, 4.69) is 0 Å². The predicted octanol–water partition coefficient (Wildman–Crippen LogP) is 2.63. The van der Waals surface area contributed by atoms with Crippen molar-refractivity contribution in [3.63, 3.8) is 0 Å². The average molecular weight is 242 g/mol. The number of benzene rings is 1. The Morgan fingerprint density at radius 3 is 2.35 bits per heavy atom. The minimum atomic E-state index is -0.724. The lowest BCUT2D eigenvalue weighted by Gasteiger charge is -2.21. The molecule has 0 spiro atoms.